The highest BCUT2D eigenvalue weighted by atomic mass is 32.2. The Morgan fingerprint density at radius 1 is 1.10 bits per heavy atom. The molecule has 0 fully saturated rings. The first-order valence-corrected chi connectivity index (χ1v) is 7.20. The van der Waals surface area contributed by atoms with Gasteiger partial charge in [0, 0.05) is 22.7 Å². The highest BCUT2D eigenvalue weighted by Crippen LogP contribution is 2.39. The molecule has 0 bridgehead atoms. The number of rotatable bonds is 1. The second-order valence-electron chi connectivity index (χ2n) is 4.97. The van der Waals surface area contributed by atoms with Crippen LogP contribution in [0.2, 0.25) is 0 Å². The van der Waals surface area contributed by atoms with Gasteiger partial charge in [-0.2, -0.15) is 4.48 Å². The third-order valence-corrected chi connectivity index (χ3v) is 4.70. The van der Waals surface area contributed by atoms with Gasteiger partial charge in [0.15, 0.2) is 5.70 Å². The predicted molar refractivity (Wildman–Crippen MR) is 81.8 cm³/mol. The summed E-state index contributed by atoms with van der Waals surface area (Å²) < 4.78 is -0.275. The van der Waals surface area contributed by atoms with Crippen LogP contribution in [0.25, 0.3) is 16.5 Å². The van der Waals surface area contributed by atoms with E-state index < -0.39 is 0 Å². The van der Waals surface area contributed by atoms with Gasteiger partial charge in [0.05, 0.1) is 14.0 Å². The molecule has 0 N–H and O–H groups in total. The zero-order valence-corrected chi connectivity index (χ0v) is 12.1. The molecule has 0 saturated heterocycles. The number of benzene rings is 2. The number of carbonyl (C=O) groups is 2. The molecule has 1 heterocycles. The van der Waals surface area contributed by atoms with Crippen LogP contribution in [0, 0.1) is 0 Å². The fourth-order valence-electron chi connectivity index (χ4n) is 2.39. The molecule has 2 amide bonds. The number of carbonyl (C=O) groups excluding carboxylic acids is 2. The second-order valence-corrected chi connectivity index (χ2v) is 5.79. The van der Waals surface area contributed by atoms with Crippen molar-refractivity contribution in [2.75, 3.05) is 7.05 Å². The lowest BCUT2D eigenvalue weighted by Crippen LogP contribution is -2.46. The maximum absolute atomic E-state index is 12.0. The van der Waals surface area contributed by atoms with Gasteiger partial charge in [0.2, 0.25) is 0 Å². The van der Waals surface area contributed by atoms with E-state index in [4.69, 9.17) is 0 Å². The number of nitrogens with zero attached hydrogens (tertiary/aromatic N) is 1. The summed E-state index contributed by atoms with van der Waals surface area (Å²) in [6, 6.07) is 14.1. The topological polar surface area (TPSA) is 34.1 Å². The average Bonchev–Trinajstić information content (AvgIpc) is 2.76. The smallest absolute Gasteiger partial charge is 0.230 e. The largest absolute Gasteiger partial charge is 0.391 e. The first-order valence-electron chi connectivity index (χ1n) is 6.32. The summed E-state index contributed by atoms with van der Waals surface area (Å²) in [6.07, 6.45) is 0. The van der Waals surface area contributed by atoms with Gasteiger partial charge >= 0.3 is 11.1 Å². The summed E-state index contributed by atoms with van der Waals surface area (Å²) in [4.78, 5) is 24.0. The Morgan fingerprint density at radius 2 is 1.80 bits per heavy atom. The Kier molecular flexibility index (Phi) is 3.00. The van der Waals surface area contributed by atoms with E-state index >= 15 is 0 Å². The van der Waals surface area contributed by atoms with Crippen LogP contribution in [0.15, 0.2) is 47.9 Å². The van der Waals surface area contributed by atoms with Crippen LogP contribution in [0.3, 0.4) is 0 Å². The molecule has 1 unspecified atom stereocenters. The van der Waals surface area contributed by atoms with Crippen LogP contribution in [-0.2, 0) is 4.79 Å². The highest BCUT2D eigenvalue weighted by Gasteiger charge is 2.47. The van der Waals surface area contributed by atoms with E-state index in [-0.39, 0.29) is 15.6 Å². The Morgan fingerprint density at radius 3 is 2.50 bits per heavy atom. The lowest BCUT2D eigenvalue weighted by Gasteiger charge is -2.24. The number of amides is 2. The molecule has 0 radical (unpaired) electrons. The third kappa shape index (κ3) is 1.80. The number of fused-ring (bicyclic) bond motifs is 1. The molecule has 3 nitrogen and oxygen atoms in total. The minimum absolute atomic E-state index is 0.152. The molecule has 1 aliphatic heterocycles. The number of quaternary nitrogens is 1. The molecule has 0 spiro atoms. The number of hydrogen-bond acceptors (Lipinski definition) is 3. The summed E-state index contributed by atoms with van der Waals surface area (Å²) in [7, 11) is 1.66. The van der Waals surface area contributed by atoms with Crippen molar-refractivity contribution in [1.82, 2.24) is 0 Å². The van der Waals surface area contributed by atoms with Crippen LogP contribution < -0.4 is 0 Å². The molecule has 3 rings (SSSR count). The van der Waals surface area contributed by atoms with Gasteiger partial charge in [0.25, 0.3) is 0 Å². The van der Waals surface area contributed by atoms with Crippen molar-refractivity contribution < 1.29 is 14.1 Å². The van der Waals surface area contributed by atoms with Crippen molar-refractivity contribution in [3.63, 3.8) is 0 Å². The lowest BCUT2D eigenvalue weighted by molar-refractivity contribution is -0.662. The molecule has 0 saturated carbocycles. The van der Waals surface area contributed by atoms with Crippen molar-refractivity contribution in [3.8, 4) is 0 Å². The summed E-state index contributed by atoms with van der Waals surface area (Å²) in [5, 5.41) is 3.88. The van der Waals surface area contributed by atoms with Crippen molar-refractivity contribution in [2.24, 2.45) is 0 Å². The zero-order chi connectivity index (χ0) is 14.3. The van der Waals surface area contributed by atoms with Crippen molar-refractivity contribution in [3.05, 3.63) is 53.4 Å². The molecule has 4 heteroatoms. The Balaban J connectivity index is 2.15. The van der Waals surface area contributed by atoms with Crippen molar-refractivity contribution in [1.29, 1.82) is 0 Å². The molecule has 0 aliphatic carbocycles. The molecule has 2 aromatic carbocycles. The van der Waals surface area contributed by atoms with Gasteiger partial charge in [-0.1, -0.05) is 30.3 Å². The lowest BCUT2D eigenvalue weighted by atomic mass is 10.0. The minimum Gasteiger partial charge on any atom is -0.230 e. The SMILES string of the molecule is CC(=O)[N+]1(C)C(=O)SC=C1c1ccc2ccccc2c1. The van der Waals surface area contributed by atoms with Gasteiger partial charge < -0.3 is 0 Å². The molecule has 2 aromatic rings. The molecular weight excluding hydrogens is 270 g/mol. The van der Waals surface area contributed by atoms with Gasteiger partial charge in [0.1, 0.15) is 0 Å². The van der Waals surface area contributed by atoms with Crippen LogP contribution in [-0.4, -0.2) is 22.7 Å². The molecule has 20 heavy (non-hydrogen) atoms. The van der Waals surface area contributed by atoms with Crippen LogP contribution in [0.4, 0.5) is 4.79 Å². The van der Waals surface area contributed by atoms with Crippen molar-refractivity contribution in [2.45, 2.75) is 6.92 Å². The Labute approximate surface area is 121 Å². The van der Waals surface area contributed by atoms with E-state index in [1.807, 2.05) is 42.5 Å². The fraction of sp³-hybridized carbons (Fsp3) is 0.125. The van der Waals surface area contributed by atoms with E-state index in [9.17, 15) is 9.59 Å². The second kappa shape index (κ2) is 4.58. The van der Waals surface area contributed by atoms with Crippen molar-refractivity contribution >= 4 is 39.4 Å². The number of imide groups is 1. The molecule has 100 valence electrons. The fourth-order valence-corrected chi connectivity index (χ4v) is 3.39. The van der Waals surface area contributed by atoms with Gasteiger partial charge in [-0.3, -0.25) is 0 Å². The van der Waals surface area contributed by atoms with Gasteiger partial charge in [-0.15, -0.1) is 0 Å². The average molecular weight is 284 g/mol. The maximum atomic E-state index is 12.0. The summed E-state index contributed by atoms with van der Waals surface area (Å²) in [6.45, 7) is 1.46. The van der Waals surface area contributed by atoms with Crippen LogP contribution in [0.1, 0.15) is 12.5 Å². The monoisotopic (exact) mass is 284 g/mol. The predicted octanol–water partition coefficient (Wildman–Crippen LogP) is 4.00. The van der Waals surface area contributed by atoms with E-state index in [1.54, 1.807) is 12.5 Å². The number of thioether (sulfide) groups is 1. The standard InChI is InChI=1S/C16H14NO2S/c1-11(18)17(2)15(10-20-16(17)19)14-8-7-12-5-3-4-6-13(12)9-14/h3-10H,1-2H3/q+1. The van der Waals surface area contributed by atoms with E-state index in [0.717, 1.165) is 33.8 Å². The number of hydrogen-bond donors (Lipinski definition) is 0. The minimum atomic E-state index is -0.275. The Bertz CT molecular complexity index is 766. The van der Waals surface area contributed by atoms with E-state index in [1.165, 1.54) is 6.92 Å². The van der Waals surface area contributed by atoms with Gasteiger partial charge in [-0.05, 0) is 22.9 Å². The van der Waals surface area contributed by atoms with Crippen LogP contribution >= 0.6 is 11.8 Å². The quantitative estimate of drug-likeness (QED) is 0.742. The summed E-state index contributed by atoms with van der Waals surface area (Å²) >= 11 is 1.09. The molecule has 0 aromatic heterocycles. The summed E-state index contributed by atoms with van der Waals surface area (Å²) in [5.74, 6) is -0.167. The molecule has 1 atom stereocenters. The zero-order valence-electron chi connectivity index (χ0n) is 11.3. The summed E-state index contributed by atoms with van der Waals surface area (Å²) in [5.41, 5.74) is 1.66. The molecular formula is C16H14NO2S+. The van der Waals surface area contributed by atoms with E-state index in [2.05, 4.69) is 0 Å². The van der Waals surface area contributed by atoms with Crippen LogP contribution in [0.5, 0.6) is 0 Å². The maximum Gasteiger partial charge on any atom is 0.391 e. The Hall–Kier alpha value is -1.91. The molecule has 1 aliphatic rings. The third-order valence-electron chi connectivity index (χ3n) is 3.79. The van der Waals surface area contributed by atoms with E-state index in [0.29, 0.717) is 0 Å². The first kappa shape index (κ1) is 13.1. The normalized spacial score (nSPS) is 22.1. The highest BCUT2D eigenvalue weighted by molar-refractivity contribution is 8.16. The first-order chi connectivity index (χ1) is 9.53. The van der Waals surface area contributed by atoms with Gasteiger partial charge in [-0.25, -0.2) is 9.59 Å².